The number of rotatable bonds is 6. The van der Waals surface area contributed by atoms with Crippen LogP contribution in [0.15, 0.2) is 18.2 Å². The van der Waals surface area contributed by atoms with Crippen LogP contribution in [0.3, 0.4) is 0 Å². The van der Waals surface area contributed by atoms with Crippen LogP contribution in [0.1, 0.15) is 75.2 Å². The molecule has 39 heavy (non-hydrogen) atoms. The van der Waals surface area contributed by atoms with Crippen molar-refractivity contribution in [2.24, 2.45) is 5.92 Å². The molecule has 0 radical (unpaired) electrons. The number of benzene rings is 1. The van der Waals surface area contributed by atoms with E-state index in [0.29, 0.717) is 30.5 Å². The third-order valence-corrected chi connectivity index (χ3v) is 6.88. The Bertz CT molecular complexity index is 1190. The summed E-state index contributed by atoms with van der Waals surface area (Å²) in [4.78, 5) is 32.0. The maximum atomic E-state index is 14.1. The smallest absolute Gasteiger partial charge is 0.427 e. The van der Waals surface area contributed by atoms with Crippen LogP contribution in [0.25, 0.3) is 0 Å². The number of hydrogen-bond donors (Lipinski definition) is 1. The average molecular weight is 559 g/mol. The van der Waals surface area contributed by atoms with Crippen molar-refractivity contribution in [2.45, 2.75) is 77.1 Å². The lowest BCUT2D eigenvalue weighted by molar-refractivity contribution is -0.146. The van der Waals surface area contributed by atoms with E-state index in [2.05, 4.69) is 9.97 Å². The fraction of sp³-hybridized carbons (Fsp3) is 0.538. The molecule has 0 unspecified atom stereocenters. The minimum atomic E-state index is -5.30. The fourth-order valence-corrected chi connectivity index (χ4v) is 5.12. The number of halogens is 6. The Morgan fingerprint density at radius 3 is 2.23 bits per heavy atom. The summed E-state index contributed by atoms with van der Waals surface area (Å²) < 4.78 is 89.5. The van der Waals surface area contributed by atoms with Gasteiger partial charge in [-0.15, -0.1) is 0 Å². The zero-order valence-electron chi connectivity index (χ0n) is 21.2. The molecular formula is C26H28F6N4O3. The molecule has 1 N–H and O–H groups in total. The molecule has 1 aliphatic heterocycles. The van der Waals surface area contributed by atoms with Gasteiger partial charge >= 0.3 is 18.3 Å². The molecule has 4 rings (SSSR count). The number of fused-ring (bicyclic) bond motifs is 1. The van der Waals surface area contributed by atoms with Crippen LogP contribution in [0.5, 0.6) is 5.75 Å². The second-order valence-electron chi connectivity index (χ2n) is 9.82. The van der Waals surface area contributed by atoms with Crippen molar-refractivity contribution in [3.8, 4) is 5.75 Å². The fourth-order valence-electron chi connectivity index (χ4n) is 5.12. The van der Waals surface area contributed by atoms with E-state index in [-0.39, 0.29) is 24.6 Å². The molecule has 212 valence electrons. The lowest BCUT2D eigenvalue weighted by Crippen LogP contribution is -2.30. The van der Waals surface area contributed by atoms with Crippen molar-refractivity contribution >= 4 is 29.2 Å². The van der Waals surface area contributed by atoms with Crippen LogP contribution in [0.2, 0.25) is 0 Å². The number of nitrogens with zero attached hydrogens (tertiary/aromatic N) is 3. The molecule has 2 aliphatic rings. The second kappa shape index (κ2) is 11.4. The van der Waals surface area contributed by atoms with E-state index >= 15 is 0 Å². The number of carbonyl (C=O) groups excluding carboxylic acids is 2. The van der Waals surface area contributed by atoms with Crippen molar-refractivity contribution in [3.05, 3.63) is 35.2 Å². The monoisotopic (exact) mass is 558 g/mol. The molecule has 2 heterocycles. The maximum absolute atomic E-state index is 14.1. The molecule has 13 heteroatoms. The first kappa shape index (κ1) is 28.6. The van der Waals surface area contributed by atoms with Gasteiger partial charge in [0.1, 0.15) is 11.4 Å². The summed E-state index contributed by atoms with van der Waals surface area (Å²) in [5.74, 6) is -1.91. The predicted molar refractivity (Wildman–Crippen MR) is 130 cm³/mol. The van der Waals surface area contributed by atoms with Crippen LogP contribution in [-0.4, -0.2) is 28.4 Å². The summed E-state index contributed by atoms with van der Waals surface area (Å²) in [6.07, 6.45) is -4.78. The number of carbonyl (C=O) groups is 2. The van der Waals surface area contributed by atoms with Gasteiger partial charge in [0.05, 0.1) is 0 Å². The molecule has 0 bridgehead atoms. The first-order valence-corrected chi connectivity index (χ1v) is 12.8. The van der Waals surface area contributed by atoms with E-state index in [1.807, 2.05) is 5.32 Å². The number of esters is 1. The number of aryl methyl sites for hydroxylation is 1. The first-order valence-electron chi connectivity index (χ1n) is 12.8. The van der Waals surface area contributed by atoms with Gasteiger partial charge in [-0.05, 0) is 48.9 Å². The summed E-state index contributed by atoms with van der Waals surface area (Å²) in [7, 11) is 0. The molecule has 1 aromatic carbocycles. The number of alkyl halides is 6. The standard InChI is InChI=1S/C26H28F6N4O3/c1-15(37)39-18-10-11-19-17(14-18)8-5-13-36(19)24-34-22(25(27,28)29)21(23(35-24)26(30,31)32)33-20(38)12-9-16-6-3-2-4-7-16/h10-11,14,16H,2-9,12-13H2,1H3,(H,33,38). The largest absolute Gasteiger partial charge is 0.435 e. The van der Waals surface area contributed by atoms with Gasteiger partial charge in [0, 0.05) is 25.6 Å². The zero-order chi connectivity index (χ0) is 28.4. The van der Waals surface area contributed by atoms with Crippen molar-refractivity contribution in [1.82, 2.24) is 9.97 Å². The highest BCUT2D eigenvalue weighted by Crippen LogP contribution is 2.44. The molecule has 0 spiro atoms. The van der Waals surface area contributed by atoms with Crippen LogP contribution < -0.4 is 15.0 Å². The van der Waals surface area contributed by atoms with Crippen molar-refractivity contribution in [2.75, 3.05) is 16.8 Å². The summed E-state index contributed by atoms with van der Waals surface area (Å²) in [6, 6.07) is 4.31. The van der Waals surface area contributed by atoms with Gasteiger partial charge in [-0.25, -0.2) is 9.97 Å². The van der Waals surface area contributed by atoms with Crippen LogP contribution in [-0.2, 0) is 28.4 Å². The summed E-state index contributed by atoms with van der Waals surface area (Å²) >= 11 is 0. The number of amides is 1. The van der Waals surface area contributed by atoms with Crippen LogP contribution in [0.4, 0.5) is 43.7 Å². The van der Waals surface area contributed by atoms with Gasteiger partial charge in [-0.3, -0.25) is 9.59 Å². The highest BCUT2D eigenvalue weighted by molar-refractivity contribution is 5.92. The summed E-state index contributed by atoms with van der Waals surface area (Å²) in [5, 5.41) is 1.84. The van der Waals surface area contributed by atoms with E-state index in [1.54, 1.807) is 0 Å². The molecule has 0 saturated heterocycles. The Labute approximate surface area is 220 Å². The van der Waals surface area contributed by atoms with E-state index in [1.165, 1.54) is 25.1 Å². The molecule has 7 nitrogen and oxygen atoms in total. The molecule has 1 aliphatic carbocycles. The van der Waals surface area contributed by atoms with E-state index in [9.17, 15) is 35.9 Å². The highest BCUT2D eigenvalue weighted by atomic mass is 19.4. The van der Waals surface area contributed by atoms with Crippen molar-refractivity contribution < 1.29 is 40.7 Å². The van der Waals surface area contributed by atoms with Gasteiger partial charge < -0.3 is 15.0 Å². The first-order chi connectivity index (χ1) is 18.3. The van der Waals surface area contributed by atoms with Gasteiger partial charge in [-0.1, -0.05) is 32.1 Å². The highest BCUT2D eigenvalue weighted by Gasteiger charge is 2.45. The van der Waals surface area contributed by atoms with E-state index in [0.717, 1.165) is 37.0 Å². The number of hydrogen-bond acceptors (Lipinski definition) is 6. The number of aromatic nitrogens is 2. The Balaban J connectivity index is 1.70. The topological polar surface area (TPSA) is 84.4 Å². The minimum absolute atomic E-state index is 0.0571. The van der Waals surface area contributed by atoms with Gasteiger partial charge in [0.2, 0.25) is 11.9 Å². The second-order valence-corrected chi connectivity index (χ2v) is 9.82. The maximum Gasteiger partial charge on any atom is 0.435 e. The Hall–Kier alpha value is -3.38. The van der Waals surface area contributed by atoms with Crippen molar-refractivity contribution in [3.63, 3.8) is 0 Å². The normalized spacial score (nSPS) is 16.5. The lowest BCUT2D eigenvalue weighted by atomic mass is 9.86. The third kappa shape index (κ3) is 6.99. The number of ether oxygens (including phenoxy) is 1. The molecule has 1 amide bonds. The minimum Gasteiger partial charge on any atom is -0.427 e. The quantitative estimate of drug-likeness (QED) is 0.238. The zero-order valence-corrected chi connectivity index (χ0v) is 21.2. The molecular weight excluding hydrogens is 530 g/mol. The van der Waals surface area contributed by atoms with Crippen LogP contribution >= 0.6 is 0 Å². The van der Waals surface area contributed by atoms with Crippen molar-refractivity contribution in [1.29, 1.82) is 0 Å². The average Bonchev–Trinajstić information content (AvgIpc) is 2.86. The van der Waals surface area contributed by atoms with Gasteiger partial charge in [-0.2, -0.15) is 26.3 Å². The molecule has 1 saturated carbocycles. The van der Waals surface area contributed by atoms with E-state index in [4.69, 9.17) is 4.74 Å². The third-order valence-electron chi connectivity index (χ3n) is 6.88. The lowest BCUT2D eigenvalue weighted by Gasteiger charge is -2.31. The molecule has 1 aromatic heterocycles. The van der Waals surface area contributed by atoms with E-state index < -0.39 is 47.3 Å². The SMILES string of the molecule is CC(=O)Oc1ccc2c(c1)CCCN2c1nc(C(F)(F)F)c(NC(=O)CCC2CCCCC2)c(C(F)(F)F)n1. The Morgan fingerprint density at radius 2 is 1.64 bits per heavy atom. The summed E-state index contributed by atoms with van der Waals surface area (Å²) in [5.41, 5.74) is -4.38. The molecule has 1 fully saturated rings. The molecule has 2 aromatic rings. The Kier molecular flexibility index (Phi) is 8.36. The summed E-state index contributed by atoms with van der Waals surface area (Å²) in [6.45, 7) is 1.26. The number of nitrogens with one attached hydrogen (secondary N) is 1. The van der Waals surface area contributed by atoms with Gasteiger partial charge in [0.15, 0.2) is 11.4 Å². The Morgan fingerprint density at radius 1 is 1.00 bits per heavy atom. The molecule has 0 atom stereocenters. The predicted octanol–water partition coefficient (Wildman–Crippen LogP) is 6.82. The van der Waals surface area contributed by atoms with Gasteiger partial charge in [0.25, 0.3) is 0 Å². The van der Waals surface area contributed by atoms with Crippen LogP contribution in [0, 0.1) is 5.92 Å². The number of anilines is 3.